The lowest BCUT2D eigenvalue weighted by molar-refractivity contribution is -0.138. The van der Waals surface area contributed by atoms with Crippen molar-refractivity contribution in [2.45, 2.75) is 39.2 Å². The van der Waals surface area contributed by atoms with Crippen LogP contribution in [0.5, 0.6) is 0 Å². The molecule has 0 spiro atoms. The fourth-order valence-electron chi connectivity index (χ4n) is 3.68. The number of hydrogen-bond acceptors (Lipinski definition) is 4. The molecular weight excluding hydrogens is 276 g/mol. The van der Waals surface area contributed by atoms with Gasteiger partial charge in [0, 0.05) is 26.2 Å². The number of likely N-dealkylation sites (tertiary alicyclic amines) is 1. The third kappa shape index (κ3) is 4.67. The predicted octanol–water partition coefficient (Wildman–Crippen LogP) is 0.861. The summed E-state index contributed by atoms with van der Waals surface area (Å²) in [4.78, 5) is 19.6. The highest BCUT2D eigenvalue weighted by Crippen LogP contribution is 2.22. The van der Waals surface area contributed by atoms with Crippen molar-refractivity contribution in [2.24, 2.45) is 5.92 Å². The summed E-state index contributed by atoms with van der Waals surface area (Å²) >= 11 is 0. The van der Waals surface area contributed by atoms with E-state index < -0.39 is 0 Å². The van der Waals surface area contributed by atoms with E-state index in [0.29, 0.717) is 5.91 Å². The molecule has 0 bridgehead atoms. The maximum absolute atomic E-state index is 12.7. The summed E-state index contributed by atoms with van der Waals surface area (Å²) in [6.45, 7) is 12.5. The number of carbonyl (C=O) groups is 1. The minimum atomic E-state index is 0.0541. The van der Waals surface area contributed by atoms with Crippen molar-refractivity contribution in [3.8, 4) is 0 Å². The van der Waals surface area contributed by atoms with Crippen LogP contribution in [0.2, 0.25) is 0 Å². The Hall–Kier alpha value is -0.650. The summed E-state index contributed by atoms with van der Waals surface area (Å²) in [5.41, 5.74) is 0. The van der Waals surface area contributed by atoms with Crippen LogP contribution in [0.15, 0.2) is 0 Å². The van der Waals surface area contributed by atoms with Crippen LogP contribution in [-0.4, -0.2) is 86.1 Å². The molecule has 2 heterocycles. The molecule has 128 valence electrons. The second-order valence-corrected chi connectivity index (χ2v) is 6.81. The number of amides is 1. The smallest absolute Gasteiger partial charge is 0.239 e. The molecule has 1 amide bonds. The van der Waals surface area contributed by atoms with Gasteiger partial charge in [-0.2, -0.15) is 0 Å². The Balaban J connectivity index is 1.75. The van der Waals surface area contributed by atoms with E-state index in [9.17, 15) is 4.79 Å². The van der Waals surface area contributed by atoms with Gasteiger partial charge in [0.15, 0.2) is 0 Å². The topological polar surface area (TPSA) is 38.8 Å². The van der Waals surface area contributed by atoms with Crippen LogP contribution in [0.1, 0.15) is 33.1 Å². The molecule has 5 nitrogen and oxygen atoms in total. The SMILES string of the molecule is CCN1CCN(C(=O)C(C)N2CCC(CCNC)CC2)CC1. The Morgan fingerprint density at radius 1 is 1.14 bits per heavy atom. The van der Waals surface area contributed by atoms with E-state index in [1.165, 1.54) is 19.3 Å². The van der Waals surface area contributed by atoms with Gasteiger partial charge in [-0.3, -0.25) is 9.69 Å². The molecule has 0 aromatic carbocycles. The van der Waals surface area contributed by atoms with Gasteiger partial charge in [-0.25, -0.2) is 0 Å². The van der Waals surface area contributed by atoms with Crippen LogP contribution >= 0.6 is 0 Å². The van der Waals surface area contributed by atoms with Crippen LogP contribution in [0, 0.1) is 5.92 Å². The second kappa shape index (κ2) is 8.85. The lowest BCUT2D eigenvalue weighted by Crippen LogP contribution is -2.55. The normalized spacial score (nSPS) is 23.7. The standard InChI is InChI=1S/C17H34N4O/c1-4-19-11-13-21(14-12-19)17(22)15(2)20-9-6-16(7-10-20)5-8-18-3/h15-16,18H,4-14H2,1-3H3. The molecule has 0 aromatic rings. The Kier molecular flexibility index (Phi) is 7.12. The van der Waals surface area contributed by atoms with E-state index in [4.69, 9.17) is 0 Å². The van der Waals surface area contributed by atoms with Gasteiger partial charge in [0.05, 0.1) is 6.04 Å². The number of piperazine rings is 1. The second-order valence-electron chi connectivity index (χ2n) is 6.81. The average molecular weight is 310 g/mol. The van der Waals surface area contributed by atoms with Crippen LogP contribution in [0.25, 0.3) is 0 Å². The third-order valence-corrected chi connectivity index (χ3v) is 5.49. The van der Waals surface area contributed by atoms with Gasteiger partial charge in [0.1, 0.15) is 0 Å². The van der Waals surface area contributed by atoms with Gasteiger partial charge < -0.3 is 15.1 Å². The maximum atomic E-state index is 12.7. The van der Waals surface area contributed by atoms with E-state index in [0.717, 1.165) is 58.3 Å². The molecular formula is C17H34N4O. The number of hydrogen-bond donors (Lipinski definition) is 1. The summed E-state index contributed by atoms with van der Waals surface area (Å²) in [6.07, 6.45) is 3.75. The Morgan fingerprint density at radius 2 is 1.77 bits per heavy atom. The van der Waals surface area contributed by atoms with Gasteiger partial charge >= 0.3 is 0 Å². The van der Waals surface area contributed by atoms with Crippen LogP contribution in [-0.2, 0) is 4.79 Å². The predicted molar refractivity (Wildman–Crippen MR) is 91.0 cm³/mol. The zero-order valence-corrected chi connectivity index (χ0v) is 14.7. The van der Waals surface area contributed by atoms with Gasteiger partial charge in [0.2, 0.25) is 5.91 Å². The van der Waals surface area contributed by atoms with E-state index in [2.05, 4.69) is 33.9 Å². The Morgan fingerprint density at radius 3 is 2.32 bits per heavy atom. The van der Waals surface area contributed by atoms with Crippen molar-refractivity contribution in [3.05, 3.63) is 0 Å². The first-order valence-electron chi connectivity index (χ1n) is 9.05. The first-order valence-corrected chi connectivity index (χ1v) is 9.05. The van der Waals surface area contributed by atoms with Crippen molar-refractivity contribution in [1.29, 1.82) is 0 Å². The van der Waals surface area contributed by atoms with Crippen molar-refractivity contribution in [3.63, 3.8) is 0 Å². The van der Waals surface area contributed by atoms with Gasteiger partial charge in [-0.1, -0.05) is 6.92 Å². The largest absolute Gasteiger partial charge is 0.339 e. The average Bonchev–Trinajstić information content (AvgIpc) is 2.59. The minimum absolute atomic E-state index is 0.0541. The number of piperidine rings is 1. The molecule has 2 fully saturated rings. The Bertz CT molecular complexity index is 334. The number of carbonyl (C=O) groups excluding carboxylic acids is 1. The maximum Gasteiger partial charge on any atom is 0.239 e. The molecule has 0 radical (unpaired) electrons. The molecule has 2 saturated heterocycles. The number of likely N-dealkylation sites (N-methyl/N-ethyl adjacent to an activating group) is 1. The summed E-state index contributed by atoms with van der Waals surface area (Å²) in [5, 5.41) is 3.24. The fourth-order valence-corrected chi connectivity index (χ4v) is 3.68. The van der Waals surface area contributed by atoms with Crippen molar-refractivity contribution in [1.82, 2.24) is 20.0 Å². The first kappa shape index (κ1) is 17.7. The van der Waals surface area contributed by atoms with Gasteiger partial charge in [-0.15, -0.1) is 0 Å². The van der Waals surface area contributed by atoms with Crippen LogP contribution < -0.4 is 5.32 Å². The third-order valence-electron chi connectivity index (χ3n) is 5.49. The van der Waals surface area contributed by atoms with Crippen LogP contribution in [0.4, 0.5) is 0 Å². The number of nitrogens with one attached hydrogen (secondary N) is 1. The first-order chi connectivity index (χ1) is 10.7. The lowest BCUT2D eigenvalue weighted by Gasteiger charge is -2.40. The van der Waals surface area contributed by atoms with Crippen molar-refractivity contribution < 1.29 is 4.79 Å². The molecule has 1 unspecified atom stereocenters. The zero-order chi connectivity index (χ0) is 15.9. The molecule has 22 heavy (non-hydrogen) atoms. The molecule has 2 aliphatic rings. The highest BCUT2D eigenvalue weighted by atomic mass is 16.2. The van der Waals surface area contributed by atoms with E-state index >= 15 is 0 Å². The molecule has 2 aliphatic heterocycles. The molecule has 0 aliphatic carbocycles. The zero-order valence-electron chi connectivity index (χ0n) is 14.7. The van der Waals surface area contributed by atoms with Gasteiger partial charge in [-0.05, 0) is 65.3 Å². The van der Waals surface area contributed by atoms with Crippen LogP contribution in [0.3, 0.4) is 0 Å². The number of rotatable bonds is 6. The lowest BCUT2D eigenvalue weighted by atomic mass is 9.92. The summed E-state index contributed by atoms with van der Waals surface area (Å²) in [5.74, 6) is 1.17. The summed E-state index contributed by atoms with van der Waals surface area (Å²) in [7, 11) is 2.02. The number of nitrogens with zero attached hydrogens (tertiary/aromatic N) is 3. The molecule has 0 saturated carbocycles. The molecule has 1 N–H and O–H groups in total. The van der Waals surface area contributed by atoms with E-state index in [1.807, 2.05) is 7.05 Å². The van der Waals surface area contributed by atoms with Crippen molar-refractivity contribution >= 4 is 5.91 Å². The van der Waals surface area contributed by atoms with Crippen molar-refractivity contribution in [2.75, 3.05) is 59.4 Å². The molecule has 1 atom stereocenters. The van der Waals surface area contributed by atoms with Gasteiger partial charge in [0.25, 0.3) is 0 Å². The summed E-state index contributed by atoms with van der Waals surface area (Å²) in [6, 6.07) is 0.0541. The molecule has 0 aromatic heterocycles. The van der Waals surface area contributed by atoms with E-state index in [-0.39, 0.29) is 6.04 Å². The van der Waals surface area contributed by atoms with E-state index in [1.54, 1.807) is 0 Å². The highest BCUT2D eigenvalue weighted by Gasteiger charge is 2.30. The summed E-state index contributed by atoms with van der Waals surface area (Å²) < 4.78 is 0. The minimum Gasteiger partial charge on any atom is -0.339 e. The molecule has 2 rings (SSSR count). The quantitative estimate of drug-likeness (QED) is 0.790. The molecule has 5 heteroatoms. The fraction of sp³-hybridized carbons (Fsp3) is 0.941. The highest BCUT2D eigenvalue weighted by molar-refractivity contribution is 5.81. The monoisotopic (exact) mass is 310 g/mol. The Labute approximate surface area is 136 Å².